The van der Waals surface area contributed by atoms with E-state index in [4.69, 9.17) is 5.26 Å². The number of anilines is 1. The first-order valence-corrected chi connectivity index (χ1v) is 5.94. The van der Waals surface area contributed by atoms with E-state index >= 15 is 0 Å². The Bertz CT molecular complexity index is 632. The lowest BCUT2D eigenvalue weighted by Gasteiger charge is -2.15. The lowest BCUT2D eigenvalue weighted by molar-refractivity contribution is -0.117. The van der Waals surface area contributed by atoms with Crippen LogP contribution in [-0.4, -0.2) is 26.0 Å². The molecule has 17 heavy (non-hydrogen) atoms. The number of benzene rings is 1. The molecular formula is C9H7N3O4S. The molecule has 1 amide bonds. The molecule has 8 heteroatoms. The van der Waals surface area contributed by atoms with Crippen molar-refractivity contribution in [2.75, 3.05) is 10.8 Å². The van der Waals surface area contributed by atoms with Gasteiger partial charge in [0.15, 0.2) is 0 Å². The van der Waals surface area contributed by atoms with Crippen molar-refractivity contribution in [3.63, 3.8) is 0 Å². The number of phenolic OH excluding ortho intramolecular Hbond substituents is 1. The van der Waals surface area contributed by atoms with Crippen molar-refractivity contribution in [3.8, 4) is 11.8 Å². The van der Waals surface area contributed by atoms with Gasteiger partial charge in [-0.2, -0.15) is 13.7 Å². The standard InChI is InChI=1S/C9H7N3O4S/c10-4-6-1-2-7(8(13)3-6)12-5-9(14)11-17(12,15)16/h1-3,13H,5H2,(H,11,14). The Morgan fingerprint density at radius 1 is 1.47 bits per heavy atom. The zero-order chi connectivity index (χ0) is 12.6. The second-order valence-corrected chi connectivity index (χ2v) is 4.95. The summed E-state index contributed by atoms with van der Waals surface area (Å²) < 4.78 is 25.5. The third-order valence-electron chi connectivity index (χ3n) is 2.19. The number of nitrogens with zero attached hydrogens (tertiary/aromatic N) is 2. The first-order chi connectivity index (χ1) is 7.94. The lowest BCUT2D eigenvalue weighted by atomic mass is 10.2. The highest BCUT2D eigenvalue weighted by Crippen LogP contribution is 2.30. The summed E-state index contributed by atoms with van der Waals surface area (Å²) in [7, 11) is -3.94. The van der Waals surface area contributed by atoms with Crippen molar-refractivity contribution in [2.24, 2.45) is 0 Å². The molecule has 0 unspecified atom stereocenters. The molecule has 0 atom stereocenters. The van der Waals surface area contributed by atoms with Crippen LogP contribution in [0.5, 0.6) is 5.75 Å². The maximum absolute atomic E-state index is 11.5. The normalized spacial score (nSPS) is 17.6. The third kappa shape index (κ3) is 1.88. The van der Waals surface area contributed by atoms with E-state index in [-0.39, 0.29) is 23.5 Å². The first kappa shape index (κ1) is 11.2. The van der Waals surface area contributed by atoms with Crippen molar-refractivity contribution in [1.82, 2.24) is 4.72 Å². The van der Waals surface area contributed by atoms with Crippen LogP contribution in [0, 0.1) is 11.3 Å². The van der Waals surface area contributed by atoms with Gasteiger partial charge < -0.3 is 5.11 Å². The van der Waals surface area contributed by atoms with Crippen molar-refractivity contribution < 1.29 is 18.3 Å². The van der Waals surface area contributed by atoms with Crippen molar-refractivity contribution in [1.29, 1.82) is 5.26 Å². The zero-order valence-electron chi connectivity index (χ0n) is 8.41. The highest BCUT2D eigenvalue weighted by molar-refractivity contribution is 7.92. The van der Waals surface area contributed by atoms with Crippen LogP contribution in [-0.2, 0) is 15.0 Å². The smallest absolute Gasteiger partial charge is 0.326 e. The van der Waals surface area contributed by atoms with E-state index in [0.717, 1.165) is 10.4 Å². The fourth-order valence-corrected chi connectivity index (χ4v) is 2.63. The molecule has 1 saturated heterocycles. The summed E-state index contributed by atoms with van der Waals surface area (Å²) in [6.45, 7) is -0.387. The van der Waals surface area contributed by atoms with Crippen molar-refractivity contribution >= 4 is 21.8 Å². The Labute approximate surface area is 97.1 Å². The van der Waals surface area contributed by atoms with Crippen LogP contribution >= 0.6 is 0 Å². The van der Waals surface area contributed by atoms with E-state index in [1.54, 1.807) is 10.8 Å². The van der Waals surface area contributed by atoms with Gasteiger partial charge >= 0.3 is 10.2 Å². The maximum Gasteiger partial charge on any atom is 0.326 e. The first-order valence-electron chi connectivity index (χ1n) is 4.50. The maximum atomic E-state index is 11.5. The number of amides is 1. The number of hydrogen-bond acceptors (Lipinski definition) is 5. The minimum absolute atomic E-state index is 0.0395. The van der Waals surface area contributed by atoms with Gasteiger partial charge in [-0.05, 0) is 18.2 Å². The predicted molar refractivity (Wildman–Crippen MR) is 57.2 cm³/mol. The molecule has 0 aliphatic carbocycles. The molecule has 1 fully saturated rings. The molecular weight excluding hydrogens is 246 g/mol. The van der Waals surface area contributed by atoms with Gasteiger partial charge in [-0.25, -0.2) is 9.03 Å². The number of carbonyl (C=O) groups excluding carboxylic acids is 1. The highest BCUT2D eigenvalue weighted by atomic mass is 32.2. The fraction of sp³-hybridized carbons (Fsp3) is 0.111. The summed E-state index contributed by atoms with van der Waals surface area (Å²) in [5.41, 5.74) is 0.157. The molecule has 1 heterocycles. The van der Waals surface area contributed by atoms with Crippen LogP contribution in [0.1, 0.15) is 5.56 Å². The molecule has 88 valence electrons. The molecule has 0 spiro atoms. The number of phenols is 1. The second kappa shape index (κ2) is 3.64. The lowest BCUT2D eigenvalue weighted by Crippen LogP contribution is -2.29. The SMILES string of the molecule is N#Cc1ccc(N2CC(=O)NS2(=O)=O)c(O)c1. The average Bonchev–Trinajstić information content (AvgIpc) is 2.51. The van der Waals surface area contributed by atoms with Gasteiger partial charge in [-0.15, -0.1) is 0 Å². The van der Waals surface area contributed by atoms with E-state index in [2.05, 4.69) is 0 Å². The van der Waals surface area contributed by atoms with Gasteiger partial charge in [0.2, 0.25) is 0 Å². The van der Waals surface area contributed by atoms with E-state index in [0.29, 0.717) is 0 Å². The number of nitriles is 1. The molecule has 0 bridgehead atoms. The molecule has 7 nitrogen and oxygen atoms in total. The van der Waals surface area contributed by atoms with E-state index in [1.165, 1.54) is 12.1 Å². The van der Waals surface area contributed by atoms with E-state index in [1.807, 2.05) is 0 Å². The van der Waals surface area contributed by atoms with Crippen LogP contribution in [0.25, 0.3) is 0 Å². The van der Waals surface area contributed by atoms with Crippen LogP contribution < -0.4 is 9.03 Å². The molecule has 0 aromatic heterocycles. The molecule has 1 aliphatic heterocycles. The predicted octanol–water partition coefficient (Wildman–Crippen LogP) is -0.555. The van der Waals surface area contributed by atoms with Crippen LogP contribution in [0.15, 0.2) is 18.2 Å². The van der Waals surface area contributed by atoms with E-state index in [9.17, 15) is 18.3 Å². The molecule has 1 aliphatic rings. The van der Waals surface area contributed by atoms with Gasteiger partial charge in [0.05, 0.1) is 17.3 Å². The van der Waals surface area contributed by atoms with Crippen LogP contribution in [0.4, 0.5) is 5.69 Å². The topological polar surface area (TPSA) is 111 Å². The van der Waals surface area contributed by atoms with Crippen molar-refractivity contribution in [3.05, 3.63) is 23.8 Å². The summed E-state index contributed by atoms with van der Waals surface area (Å²) in [4.78, 5) is 11.0. The Kier molecular flexibility index (Phi) is 2.40. The summed E-state index contributed by atoms with van der Waals surface area (Å²) in [5, 5.41) is 18.2. The number of rotatable bonds is 1. The zero-order valence-corrected chi connectivity index (χ0v) is 9.23. The van der Waals surface area contributed by atoms with Gasteiger partial charge in [-0.3, -0.25) is 4.79 Å². The Morgan fingerprint density at radius 3 is 2.65 bits per heavy atom. The quantitative estimate of drug-likeness (QED) is 0.697. The Balaban J connectivity index is 2.49. The molecule has 1 aromatic rings. The molecule has 2 N–H and O–H groups in total. The Morgan fingerprint density at radius 2 is 2.18 bits per heavy atom. The monoisotopic (exact) mass is 253 g/mol. The summed E-state index contributed by atoms with van der Waals surface area (Å²) in [5.74, 6) is -1.04. The number of aromatic hydroxyl groups is 1. The molecule has 0 radical (unpaired) electrons. The summed E-state index contributed by atoms with van der Waals surface area (Å²) in [6.07, 6.45) is 0. The van der Waals surface area contributed by atoms with Crippen LogP contribution in [0.3, 0.4) is 0 Å². The van der Waals surface area contributed by atoms with Gasteiger partial charge in [-0.1, -0.05) is 0 Å². The fourth-order valence-electron chi connectivity index (χ4n) is 1.47. The third-order valence-corrected chi connectivity index (χ3v) is 3.59. The minimum Gasteiger partial charge on any atom is -0.506 e. The molecule has 1 aromatic carbocycles. The number of hydrogen-bond donors (Lipinski definition) is 2. The minimum atomic E-state index is -3.94. The largest absolute Gasteiger partial charge is 0.506 e. The van der Waals surface area contributed by atoms with Gasteiger partial charge in [0.25, 0.3) is 5.91 Å². The summed E-state index contributed by atoms with van der Waals surface area (Å²) >= 11 is 0. The molecule has 0 saturated carbocycles. The summed E-state index contributed by atoms with van der Waals surface area (Å²) in [6, 6.07) is 5.56. The highest BCUT2D eigenvalue weighted by Gasteiger charge is 2.35. The van der Waals surface area contributed by atoms with Crippen LogP contribution in [0.2, 0.25) is 0 Å². The average molecular weight is 253 g/mol. The molecule has 2 rings (SSSR count). The van der Waals surface area contributed by atoms with E-state index < -0.39 is 16.1 Å². The van der Waals surface area contributed by atoms with Gasteiger partial charge in [0.1, 0.15) is 12.3 Å². The van der Waals surface area contributed by atoms with Gasteiger partial charge in [0, 0.05) is 0 Å². The second-order valence-electron chi connectivity index (χ2n) is 3.35. The number of carbonyl (C=O) groups is 1. The number of nitrogens with one attached hydrogen (secondary N) is 1. The van der Waals surface area contributed by atoms with Crippen molar-refractivity contribution in [2.45, 2.75) is 0 Å². The Hall–Kier alpha value is -2.27.